The van der Waals surface area contributed by atoms with Gasteiger partial charge in [-0.2, -0.15) is 0 Å². The van der Waals surface area contributed by atoms with Gasteiger partial charge in [0, 0.05) is 13.1 Å². The smallest absolute Gasteiger partial charge is 0.338 e. The summed E-state index contributed by atoms with van der Waals surface area (Å²) in [6.07, 6.45) is 1.06. The molecule has 2 unspecified atom stereocenters. The van der Waals surface area contributed by atoms with Crippen LogP contribution in [0.15, 0.2) is 42.5 Å². The minimum atomic E-state index is -0.750. The average Bonchev–Trinajstić information content (AvgIpc) is 3.01. The van der Waals surface area contributed by atoms with Crippen LogP contribution < -0.4 is 4.90 Å². The zero-order valence-corrected chi connectivity index (χ0v) is 17.8. The zero-order valence-electron chi connectivity index (χ0n) is 17.8. The van der Waals surface area contributed by atoms with Gasteiger partial charge in [0.2, 0.25) is 0 Å². The SMILES string of the molecule is CC1CC(C)CN(C(=O)COC(=O)c2ccc3c(c2)C(=O)N(c2ccc(F)cc2)C3=O)C1. The number of ether oxygens (including phenoxy) is 1. The number of hydrogen-bond acceptors (Lipinski definition) is 5. The Morgan fingerprint density at radius 3 is 2.25 bits per heavy atom. The van der Waals surface area contributed by atoms with E-state index in [1.54, 1.807) is 4.90 Å². The molecule has 7 nitrogen and oxygen atoms in total. The monoisotopic (exact) mass is 438 g/mol. The Labute approximate surface area is 184 Å². The number of amides is 3. The maximum atomic E-state index is 13.2. The molecule has 2 aliphatic rings. The Bertz CT molecular complexity index is 1090. The van der Waals surface area contributed by atoms with E-state index < -0.39 is 23.6 Å². The van der Waals surface area contributed by atoms with Gasteiger partial charge >= 0.3 is 5.97 Å². The fraction of sp³-hybridized carbons (Fsp3) is 0.333. The van der Waals surface area contributed by atoms with Crippen molar-refractivity contribution >= 4 is 29.4 Å². The lowest BCUT2D eigenvalue weighted by Gasteiger charge is -2.34. The fourth-order valence-electron chi connectivity index (χ4n) is 4.36. The van der Waals surface area contributed by atoms with Crippen LogP contribution in [0.1, 0.15) is 51.3 Å². The summed E-state index contributed by atoms with van der Waals surface area (Å²) in [6.45, 7) is 5.05. The van der Waals surface area contributed by atoms with E-state index in [1.165, 1.54) is 30.3 Å². The standard InChI is InChI=1S/C24H23FN2O5/c1-14-9-15(2)12-26(11-14)21(28)13-32-24(31)16-3-8-19-20(10-16)23(30)27(22(19)29)18-6-4-17(25)5-7-18/h3-8,10,14-15H,9,11-13H2,1-2H3. The third-order valence-corrected chi connectivity index (χ3v) is 5.76. The third-order valence-electron chi connectivity index (χ3n) is 5.76. The van der Waals surface area contributed by atoms with Crippen molar-refractivity contribution in [1.82, 2.24) is 4.90 Å². The summed E-state index contributed by atoms with van der Waals surface area (Å²) < 4.78 is 18.4. The van der Waals surface area contributed by atoms with Crippen molar-refractivity contribution in [2.75, 3.05) is 24.6 Å². The molecule has 4 rings (SSSR count). The number of esters is 1. The third kappa shape index (κ3) is 4.12. The topological polar surface area (TPSA) is 84.0 Å². The summed E-state index contributed by atoms with van der Waals surface area (Å²) in [7, 11) is 0. The van der Waals surface area contributed by atoms with E-state index in [9.17, 15) is 23.6 Å². The van der Waals surface area contributed by atoms with E-state index in [-0.39, 0.29) is 34.9 Å². The number of anilines is 1. The second kappa shape index (κ2) is 8.53. The van der Waals surface area contributed by atoms with E-state index in [1.807, 2.05) is 0 Å². The van der Waals surface area contributed by atoms with Gasteiger partial charge < -0.3 is 9.64 Å². The number of carbonyl (C=O) groups is 4. The number of benzene rings is 2. The van der Waals surface area contributed by atoms with Gasteiger partial charge in [-0.25, -0.2) is 14.1 Å². The van der Waals surface area contributed by atoms with Crippen molar-refractivity contribution in [3.8, 4) is 0 Å². The lowest BCUT2D eigenvalue weighted by molar-refractivity contribution is -0.137. The first kappa shape index (κ1) is 21.7. The number of rotatable bonds is 4. The second-order valence-electron chi connectivity index (χ2n) is 8.50. The molecule has 0 N–H and O–H groups in total. The van der Waals surface area contributed by atoms with E-state index in [0.29, 0.717) is 24.9 Å². The molecule has 1 saturated heterocycles. The highest BCUT2D eigenvalue weighted by Crippen LogP contribution is 2.29. The maximum Gasteiger partial charge on any atom is 0.338 e. The van der Waals surface area contributed by atoms with E-state index >= 15 is 0 Å². The Morgan fingerprint density at radius 2 is 1.59 bits per heavy atom. The molecule has 2 aliphatic heterocycles. The summed E-state index contributed by atoms with van der Waals surface area (Å²) in [5.41, 5.74) is 0.498. The molecule has 32 heavy (non-hydrogen) atoms. The predicted octanol–water partition coefficient (Wildman–Crippen LogP) is 3.29. The Kier molecular flexibility index (Phi) is 5.78. The first-order chi connectivity index (χ1) is 15.2. The van der Waals surface area contributed by atoms with Crippen molar-refractivity contribution in [3.63, 3.8) is 0 Å². The first-order valence-corrected chi connectivity index (χ1v) is 10.5. The minimum absolute atomic E-state index is 0.0544. The van der Waals surface area contributed by atoms with Gasteiger partial charge in [0.15, 0.2) is 6.61 Å². The first-order valence-electron chi connectivity index (χ1n) is 10.5. The van der Waals surface area contributed by atoms with Crippen LogP contribution in [0, 0.1) is 17.7 Å². The van der Waals surface area contributed by atoms with Crippen LogP contribution in [-0.2, 0) is 9.53 Å². The number of halogens is 1. The zero-order chi connectivity index (χ0) is 23.0. The molecule has 0 aliphatic carbocycles. The van der Waals surface area contributed by atoms with E-state index in [0.717, 1.165) is 23.5 Å². The summed E-state index contributed by atoms with van der Waals surface area (Å²) in [6, 6.07) is 9.03. The summed E-state index contributed by atoms with van der Waals surface area (Å²) in [4.78, 5) is 53.0. The molecule has 8 heteroatoms. The Morgan fingerprint density at radius 1 is 0.969 bits per heavy atom. The quantitative estimate of drug-likeness (QED) is 0.540. The maximum absolute atomic E-state index is 13.2. The molecule has 2 atom stereocenters. The van der Waals surface area contributed by atoms with Gasteiger partial charge in [0.1, 0.15) is 5.82 Å². The largest absolute Gasteiger partial charge is 0.452 e. The van der Waals surface area contributed by atoms with Crippen LogP contribution >= 0.6 is 0 Å². The van der Waals surface area contributed by atoms with Crippen LogP contribution in [0.2, 0.25) is 0 Å². The molecule has 166 valence electrons. The second-order valence-corrected chi connectivity index (χ2v) is 8.50. The van der Waals surface area contributed by atoms with Crippen LogP contribution in [0.3, 0.4) is 0 Å². The van der Waals surface area contributed by atoms with Crippen LogP contribution in [0.5, 0.6) is 0 Å². The molecule has 0 saturated carbocycles. The van der Waals surface area contributed by atoms with E-state index in [4.69, 9.17) is 4.74 Å². The van der Waals surface area contributed by atoms with Crippen molar-refractivity contribution < 1.29 is 28.3 Å². The Hall–Kier alpha value is -3.55. The van der Waals surface area contributed by atoms with Crippen molar-refractivity contribution in [3.05, 3.63) is 65.0 Å². The van der Waals surface area contributed by atoms with Gasteiger partial charge in [-0.1, -0.05) is 13.8 Å². The van der Waals surface area contributed by atoms with Gasteiger partial charge in [-0.15, -0.1) is 0 Å². The molecular weight excluding hydrogens is 415 g/mol. The number of carbonyl (C=O) groups excluding carboxylic acids is 4. The Balaban J connectivity index is 1.45. The molecule has 3 amide bonds. The predicted molar refractivity (Wildman–Crippen MR) is 114 cm³/mol. The number of likely N-dealkylation sites (tertiary alicyclic amines) is 1. The summed E-state index contributed by atoms with van der Waals surface area (Å²) in [5, 5.41) is 0. The van der Waals surface area contributed by atoms with Crippen LogP contribution in [0.4, 0.5) is 10.1 Å². The van der Waals surface area contributed by atoms with Gasteiger partial charge in [-0.05, 0) is 60.7 Å². The van der Waals surface area contributed by atoms with Gasteiger partial charge in [0.25, 0.3) is 17.7 Å². The molecule has 1 fully saturated rings. The minimum Gasteiger partial charge on any atom is -0.452 e. The number of hydrogen-bond donors (Lipinski definition) is 0. The van der Waals surface area contributed by atoms with E-state index in [2.05, 4.69) is 13.8 Å². The normalized spacial score (nSPS) is 20.3. The van der Waals surface area contributed by atoms with Gasteiger partial charge in [-0.3, -0.25) is 14.4 Å². The van der Waals surface area contributed by atoms with Crippen molar-refractivity contribution in [1.29, 1.82) is 0 Å². The highest BCUT2D eigenvalue weighted by molar-refractivity contribution is 6.34. The number of imide groups is 1. The van der Waals surface area contributed by atoms with Crippen molar-refractivity contribution in [2.45, 2.75) is 20.3 Å². The lowest BCUT2D eigenvalue weighted by Crippen LogP contribution is -2.44. The molecule has 2 heterocycles. The molecule has 0 bridgehead atoms. The fourth-order valence-corrected chi connectivity index (χ4v) is 4.36. The van der Waals surface area contributed by atoms with Gasteiger partial charge in [0.05, 0.1) is 22.4 Å². The number of fused-ring (bicyclic) bond motifs is 1. The molecule has 0 spiro atoms. The molecule has 0 radical (unpaired) electrons. The summed E-state index contributed by atoms with van der Waals surface area (Å²) in [5.74, 6) is -1.88. The molecular formula is C24H23FN2O5. The van der Waals surface area contributed by atoms with Crippen LogP contribution in [0.25, 0.3) is 0 Å². The van der Waals surface area contributed by atoms with Crippen molar-refractivity contribution in [2.24, 2.45) is 11.8 Å². The average molecular weight is 438 g/mol. The summed E-state index contributed by atoms with van der Waals surface area (Å²) >= 11 is 0. The van der Waals surface area contributed by atoms with Crippen LogP contribution in [-0.4, -0.2) is 48.3 Å². The molecule has 0 aromatic heterocycles. The molecule has 2 aromatic rings. The number of piperidine rings is 1. The lowest BCUT2D eigenvalue weighted by atomic mass is 9.92. The highest BCUT2D eigenvalue weighted by Gasteiger charge is 2.37. The number of nitrogens with zero attached hydrogens (tertiary/aromatic N) is 2. The highest BCUT2D eigenvalue weighted by atomic mass is 19.1. The molecule has 2 aromatic carbocycles.